The van der Waals surface area contributed by atoms with Crippen LogP contribution >= 0.6 is 0 Å². The van der Waals surface area contributed by atoms with Crippen LogP contribution in [0.25, 0.3) is 5.76 Å². The number of Topliss-reactive ketones (excluding diaryl/α,β-unsaturated/α-hetero) is 1. The Morgan fingerprint density at radius 1 is 1.03 bits per heavy atom. The maximum absolute atomic E-state index is 13.3. The number of ketones is 1. The molecule has 1 N–H and O–H groups in total. The maximum atomic E-state index is 13.3. The Morgan fingerprint density at radius 2 is 1.68 bits per heavy atom. The minimum atomic E-state index is -0.704. The normalized spacial score (nSPS) is 19.7. The number of hydrogen-bond acceptors (Lipinski definition) is 7. The molecule has 2 heterocycles. The van der Waals surface area contributed by atoms with E-state index < -0.39 is 17.7 Å². The van der Waals surface area contributed by atoms with Gasteiger partial charge in [-0.3, -0.25) is 14.5 Å². The molecule has 2 aromatic carbocycles. The monoisotopic (exact) mass is 506 g/mol. The summed E-state index contributed by atoms with van der Waals surface area (Å²) in [6.07, 6.45) is 2.36. The number of amides is 1. The van der Waals surface area contributed by atoms with Crippen LogP contribution in [0.4, 0.5) is 0 Å². The lowest BCUT2D eigenvalue weighted by Gasteiger charge is -2.29. The van der Waals surface area contributed by atoms with Crippen LogP contribution in [0, 0.1) is 0 Å². The number of carbonyl (C=O) groups excluding carboxylic acids is 2. The van der Waals surface area contributed by atoms with Crippen molar-refractivity contribution in [2.24, 2.45) is 0 Å². The highest BCUT2D eigenvalue weighted by Gasteiger charge is 2.45. The van der Waals surface area contributed by atoms with Crippen molar-refractivity contribution in [2.45, 2.75) is 19.4 Å². The molecular formula is C29H34N2O6. The van der Waals surface area contributed by atoms with Crippen LogP contribution in [-0.4, -0.2) is 79.2 Å². The first-order valence-electron chi connectivity index (χ1n) is 12.7. The fourth-order valence-electron chi connectivity index (χ4n) is 4.68. The Balaban J connectivity index is 1.64. The molecule has 1 amide bonds. The molecule has 0 radical (unpaired) electrons. The molecule has 2 aliphatic heterocycles. The second kappa shape index (κ2) is 12.6. The van der Waals surface area contributed by atoms with E-state index in [1.165, 1.54) is 0 Å². The van der Waals surface area contributed by atoms with Crippen LogP contribution in [0.15, 0.2) is 66.8 Å². The van der Waals surface area contributed by atoms with Gasteiger partial charge >= 0.3 is 0 Å². The van der Waals surface area contributed by atoms with Gasteiger partial charge in [-0.2, -0.15) is 0 Å². The lowest BCUT2D eigenvalue weighted by atomic mass is 9.95. The minimum Gasteiger partial charge on any atom is -0.507 e. The smallest absolute Gasteiger partial charge is 0.295 e. The number of aliphatic hydroxyl groups excluding tert-OH is 1. The van der Waals surface area contributed by atoms with Crippen molar-refractivity contribution in [3.8, 4) is 11.5 Å². The highest BCUT2D eigenvalue weighted by molar-refractivity contribution is 6.46. The van der Waals surface area contributed by atoms with Gasteiger partial charge in [-0.15, -0.1) is 0 Å². The van der Waals surface area contributed by atoms with Crippen molar-refractivity contribution in [1.82, 2.24) is 9.80 Å². The van der Waals surface area contributed by atoms with Crippen LogP contribution in [-0.2, 0) is 14.3 Å². The molecule has 2 saturated heterocycles. The molecule has 8 heteroatoms. The van der Waals surface area contributed by atoms with Gasteiger partial charge in [0.15, 0.2) is 0 Å². The van der Waals surface area contributed by atoms with Gasteiger partial charge in [-0.1, -0.05) is 24.8 Å². The number of ether oxygens (including phenoxy) is 3. The van der Waals surface area contributed by atoms with Gasteiger partial charge in [-0.25, -0.2) is 0 Å². The summed E-state index contributed by atoms with van der Waals surface area (Å²) < 4.78 is 16.5. The SMILES string of the molecule is C=CCOc1ccc([C@@H]2C(=C(O)c3ccc(OCC)cc3)C(=O)C(=O)N2CCCN2CCOCC2)cc1. The first-order chi connectivity index (χ1) is 18.0. The van der Waals surface area contributed by atoms with Gasteiger partial charge in [0.2, 0.25) is 0 Å². The molecule has 0 aromatic heterocycles. The fourth-order valence-corrected chi connectivity index (χ4v) is 4.68. The van der Waals surface area contributed by atoms with Gasteiger partial charge in [-0.05, 0) is 55.3 Å². The largest absolute Gasteiger partial charge is 0.507 e. The number of morpholine rings is 1. The third-order valence-electron chi connectivity index (χ3n) is 6.52. The molecule has 8 nitrogen and oxygen atoms in total. The van der Waals surface area contributed by atoms with Crippen molar-refractivity contribution in [3.05, 3.63) is 77.9 Å². The number of hydrogen-bond donors (Lipinski definition) is 1. The summed E-state index contributed by atoms with van der Waals surface area (Å²) in [4.78, 5) is 30.3. The van der Waals surface area contributed by atoms with Crippen LogP contribution in [0.1, 0.15) is 30.5 Å². The lowest BCUT2D eigenvalue weighted by molar-refractivity contribution is -0.140. The molecule has 196 valence electrons. The Bertz CT molecular complexity index is 1120. The molecular weight excluding hydrogens is 472 g/mol. The predicted molar refractivity (Wildman–Crippen MR) is 141 cm³/mol. The quantitative estimate of drug-likeness (QED) is 0.215. The summed E-state index contributed by atoms with van der Waals surface area (Å²) in [5, 5.41) is 11.3. The Kier molecular flexibility index (Phi) is 8.98. The zero-order chi connectivity index (χ0) is 26.2. The van der Waals surface area contributed by atoms with Crippen molar-refractivity contribution in [2.75, 3.05) is 52.6 Å². The second-order valence-electron chi connectivity index (χ2n) is 8.93. The third kappa shape index (κ3) is 6.21. The molecule has 37 heavy (non-hydrogen) atoms. The average Bonchev–Trinajstić information content (AvgIpc) is 3.18. The Hall–Kier alpha value is -3.62. The second-order valence-corrected chi connectivity index (χ2v) is 8.93. The van der Waals surface area contributed by atoms with Crippen molar-refractivity contribution in [3.63, 3.8) is 0 Å². The molecule has 0 spiro atoms. The van der Waals surface area contributed by atoms with Crippen LogP contribution < -0.4 is 9.47 Å². The van der Waals surface area contributed by atoms with E-state index in [0.717, 1.165) is 25.2 Å². The molecule has 0 saturated carbocycles. The first-order valence-corrected chi connectivity index (χ1v) is 12.7. The van der Waals surface area contributed by atoms with Crippen LogP contribution in [0.2, 0.25) is 0 Å². The van der Waals surface area contributed by atoms with E-state index in [9.17, 15) is 14.7 Å². The molecule has 2 fully saturated rings. The van der Waals surface area contributed by atoms with E-state index in [2.05, 4.69) is 11.5 Å². The van der Waals surface area contributed by atoms with Gasteiger partial charge in [0.05, 0.1) is 31.4 Å². The number of rotatable bonds is 11. The summed E-state index contributed by atoms with van der Waals surface area (Å²) in [6.45, 7) is 10.7. The zero-order valence-corrected chi connectivity index (χ0v) is 21.2. The molecule has 1 atom stereocenters. The van der Waals surface area contributed by atoms with Gasteiger partial charge < -0.3 is 24.2 Å². The van der Waals surface area contributed by atoms with E-state index >= 15 is 0 Å². The van der Waals surface area contributed by atoms with E-state index in [0.29, 0.717) is 56.5 Å². The van der Waals surface area contributed by atoms with Crippen molar-refractivity contribution >= 4 is 17.4 Å². The molecule has 0 bridgehead atoms. The van der Waals surface area contributed by atoms with E-state index in [1.807, 2.05) is 19.1 Å². The number of aliphatic hydroxyl groups is 1. The molecule has 2 aliphatic rings. The minimum absolute atomic E-state index is 0.0836. The summed E-state index contributed by atoms with van der Waals surface area (Å²) in [6, 6.07) is 13.4. The van der Waals surface area contributed by atoms with Gasteiger partial charge in [0.1, 0.15) is 23.9 Å². The summed E-state index contributed by atoms with van der Waals surface area (Å²) in [5.74, 6) is -0.177. The lowest BCUT2D eigenvalue weighted by Crippen LogP contribution is -2.38. The molecule has 0 unspecified atom stereocenters. The fraction of sp³-hybridized carbons (Fsp3) is 0.379. The Labute approximate surface area is 217 Å². The highest BCUT2D eigenvalue weighted by atomic mass is 16.5. The van der Waals surface area contributed by atoms with E-state index in [1.54, 1.807) is 47.4 Å². The third-order valence-corrected chi connectivity index (χ3v) is 6.52. The van der Waals surface area contributed by atoms with E-state index in [4.69, 9.17) is 14.2 Å². The number of benzene rings is 2. The topological polar surface area (TPSA) is 88.5 Å². The van der Waals surface area contributed by atoms with Gasteiger partial charge in [0.25, 0.3) is 11.7 Å². The van der Waals surface area contributed by atoms with Crippen molar-refractivity contribution < 1.29 is 28.9 Å². The summed E-state index contributed by atoms with van der Waals surface area (Å²) in [5.41, 5.74) is 1.26. The zero-order valence-electron chi connectivity index (χ0n) is 21.2. The summed E-state index contributed by atoms with van der Waals surface area (Å²) >= 11 is 0. The number of likely N-dealkylation sites (tertiary alicyclic amines) is 1. The summed E-state index contributed by atoms with van der Waals surface area (Å²) in [7, 11) is 0. The number of nitrogens with zero attached hydrogens (tertiary/aromatic N) is 2. The van der Waals surface area contributed by atoms with Gasteiger partial charge in [0, 0.05) is 31.7 Å². The molecule has 4 rings (SSSR count). The highest BCUT2D eigenvalue weighted by Crippen LogP contribution is 2.40. The van der Waals surface area contributed by atoms with Crippen molar-refractivity contribution in [1.29, 1.82) is 0 Å². The van der Waals surface area contributed by atoms with Crippen LogP contribution in [0.3, 0.4) is 0 Å². The molecule has 2 aromatic rings. The van der Waals surface area contributed by atoms with Crippen LogP contribution in [0.5, 0.6) is 11.5 Å². The Morgan fingerprint density at radius 3 is 2.32 bits per heavy atom. The maximum Gasteiger partial charge on any atom is 0.295 e. The first kappa shape index (κ1) is 26.4. The predicted octanol–water partition coefficient (Wildman–Crippen LogP) is 3.79. The average molecular weight is 507 g/mol. The standard InChI is InChI=1S/C29H34N2O6/c1-3-18-37-24-10-6-21(7-11-24)26-25(27(32)22-8-12-23(13-9-22)36-4-2)28(33)29(34)31(26)15-5-14-30-16-19-35-20-17-30/h3,6-13,26,32H,1,4-5,14-20H2,2H3/t26-/m1/s1. The number of carbonyl (C=O) groups is 2. The van der Waals surface area contributed by atoms with E-state index in [-0.39, 0.29) is 11.3 Å². The molecule has 0 aliphatic carbocycles.